The Morgan fingerprint density at radius 3 is 2.34 bits per heavy atom. The molecule has 0 radical (unpaired) electrons. The number of aliphatic carboxylic acids is 1. The van der Waals surface area contributed by atoms with Crippen molar-refractivity contribution in [2.45, 2.75) is 12.6 Å². The molecule has 0 bridgehead atoms. The van der Waals surface area contributed by atoms with Crippen molar-refractivity contribution in [3.05, 3.63) is 86.9 Å². The van der Waals surface area contributed by atoms with Gasteiger partial charge in [-0.1, -0.05) is 46.9 Å². The number of hydrogen-bond acceptors (Lipinski definition) is 4. The van der Waals surface area contributed by atoms with E-state index in [4.69, 9.17) is 44.9 Å². The van der Waals surface area contributed by atoms with Crippen LogP contribution < -0.4 is 0 Å². The van der Waals surface area contributed by atoms with E-state index in [1.54, 1.807) is 41.4 Å². The molecule has 0 fully saturated rings. The van der Waals surface area contributed by atoms with E-state index in [-0.39, 0.29) is 6.42 Å². The zero-order valence-electron chi connectivity index (χ0n) is 14.9. The fourth-order valence-electron chi connectivity index (χ4n) is 3.12. The van der Waals surface area contributed by atoms with E-state index in [1.807, 2.05) is 24.3 Å². The number of nitrogens with zero attached hydrogens (tertiary/aromatic N) is 3. The molecule has 2 aliphatic heterocycles. The summed E-state index contributed by atoms with van der Waals surface area (Å²) in [6, 6.07) is 12.6. The van der Waals surface area contributed by atoms with Crippen LogP contribution in [0.5, 0.6) is 0 Å². The SMILES string of the molecule is O=C(O)CC1=NN2C(c3cc(Cl)cc(Cl)c3)=CC(c3ccc(Cl)cc3)=NC2C=C1. The molecule has 29 heavy (non-hydrogen) atoms. The summed E-state index contributed by atoms with van der Waals surface area (Å²) in [5.41, 5.74) is 3.54. The number of benzene rings is 2. The maximum atomic E-state index is 11.1. The van der Waals surface area contributed by atoms with Crippen molar-refractivity contribution in [3.8, 4) is 0 Å². The standard InChI is InChI=1S/C21H14Cl3N3O2/c22-14-3-1-12(2-4-14)18-11-19(13-7-15(23)9-16(24)8-13)27-20(25-18)6-5-17(26-27)10-21(28)29/h1-9,11,20H,10H2,(H,28,29). The lowest BCUT2D eigenvalue weighted by atomic mass is 10.0. The Bertz CT molecular complexity index is 1080. The zero-order valence-corrected chi connectivity index (χ0v) is 17.2. The summed E-state index contributed by atoms with van der Waals surface area (Å²) in [4.78, 5) is 15.9. The van der Waals surface area contributed by atoms with Crippen LogP contribution in [-0.2, 0) is 4.79 Å². The molecule has 0 spiro atoms. The number of aliphatic imine (C=N–C) groups is 1. The molecule has 1 N–H and O–H groups in total. The van der Waals surface area contributed by atoms with Crippen LogP contribution in [0.25, 0.3) is 5.70 Å². The average Bonchev–Trinajstić information content (AvgIpc) is 2.66. The Balaban J connectivity index is 1.82. The van der Waals surface area contributed by atoms with Crippen LogP contribution >= 0.6 is 34.8 Å². The van der Waals surface area contributed by atoms with Crippen LogP contribution in [0.3, 0.4) is 0 Å². The summed E-state index contributed by atoms with van der Waals surface area (Å²) in [6.07, 6.45) is 4.78. The van der Waals surface area contributed by atoms with Crippen LogP contribution in [0, 0.1) is 0 Å². The van der Waals surface area contributed by atoms with Crippen molar-refractivity contribution in [1.82, 2.24) is 5.01 Å². The van der Waals surface area contributed by atoms with Gasteiger partial charge in [-0.25, -0.2) is 5.01 Å². The van der Waals surface area contributed by atoms with Gasteiger partial charge in [-0.15, -0.1) is 0 Å². The first-order valence-electron chi connectivity index (χ1n) is 8.68. The zero-order chi connectivity index (χ0) is 20.5. The molecule has 2 aromatic rings. The lowest BCUT2D eigenvalue weighted by Gasteiger charge is -2.33. The molecular weight excluding hydrogens is 433 g/mol. The van der Waals surface area contributed by atoms with Gasteiger partial charge in [0.2, 0.25) is 0 Å². The lowest BCUT2D eigenvalue weighted by Crippen LogP contribution is -2.34. The molecule has 0 aliphatic carbocycles. The third-order valence-corrected chi connectivity index (χ3v) is 5.06. The molecule has 1 atom stereocenters. The van der Waals surface area contributed by atoms with Crippen LogP contribution in [0.15, 0.2) is 70.8 Å². The molecule has 146 valence electrons. The van der Waals surface area contributed by atoms with Gasteiger partial charge in [-0.05, 0) is 54.1 Å². The molecule has 0 aromatic heterocycles. The van der Waals surface area contributed by atoms with Crippen molar-refractivity contribution in [1.29, 1.82) is 0 Å². The fraction of sp³-hybridized carbons (Fsp3) is 0.0952. The molecule has 1 unspecified atom stereocenters. The summed E-state index contributed by atoms with van der Waals surface area (Å²) >= 11 is 18.4. The number of allylic oxidation sites excluding steroid dienone is 2. The van der Waals surface area contributed by atoms with E-state index < -0.39 is 12.1 Å². The van der Waals surface area contributed by atoms with Gasteiger partial charge in [-0.3, -0.25) is 9.79 Å². The highest BCUT2D eigenvalue weighted by Gasteiger charge is 2.28. The smallest absolute Gasteiger partial charge is 0.309 e. The van der Waals surface area contributed by atoms with E-state index in [0.29, 0.717) is 26.5 Å². The highest BCUT2D eigenvalue weighted by molar-refractivity contribution is 6.35. The van der Waals surface area contributed by atoms with E-state index in [9.17, 15) is 4.79 Å². The predicted molar refractivity (Wildman–Crippen MR) is 117 cm³/mol. The van der Waals surface area contributed by atoms with Crippen LogP contribution in [0.4, 0.5) is 0 Å². The monoisotopic (exact) mass is 445 g/mol. The van der Waals surface area contributed by atoms with Crippen LogP contribution in [-0.4, -0.2) is 33.7 Å². The first-order chi connectivity index (χ1) is 13.9. The van der Waals surface area contributed by atoms with E-state index in [0.717, 1.165) is 16.8 Å². The fourth-order valence-corrected chi connectivity index (χ4v) is 3.78. The number of rotatable bonds is 4. The quantitative estimate of drug-likeness (QED) is 0.672. The molecule has 4 rings (SSSR count). The maximum Gasteiger partial charge on any atom is 0.309 e. The Labute approximate surface area is 182 Å². The predicted octanol–water partition coefficient (Wildman–Crippen LogP) is 5.52. The second kappa shape index (κ2) is 8.03. The highest BCUT2D eigenvalue weighted by Crippen LogP contribution is 2.33. The summed E-state index contributed by atoms with van der Waals surface area (Å²) in [5.74, 6) is -0.953. The normalized spacial score (nSPS) is 18.0. The van der Waals surface area contributed by atoms with Crippen molar-refractivity contribution in [2.75, 3.05) is 0 Å². The molecule has 0 amide bonds. The topological polar surface area (TPSA) is 65.3 Å². The van der Waals surface area contributed by atoms with E-state index in [1.165, 1.54) is 0 Å². The minimum atomic E-state index is -0.953. The Hall–Kier alpha value is -2.60. The molecule has 2 heterocycles. The third-order valence-electron chi connectivity index (χ3n) is 4.37. The van der Waals surface area contributed by atoms with Gasteiger partial charge in [0.05, 0.1) is 23.5 Å². The average molecular weight is 447 g/mol. The molecule has 0 saturated heterocycles. The minimum Gasteiger partial charge on any atom is -0.481 e. The summed E-state index contributed by atoms with van der Waals surface area (Å²) in [6.45, 7) is 0. The van der Waals surface area contributed by atoms with E-state index in [2.05, 4.69) is 5.10 Å². The van der Waals surface area contributed by atoms with Crippen LogP contribution in [0.1, 0.15) is 17.5 Å². The second-order valence-corrected chi connectivity index (χ2v) is 7.80. The first kappa shape index (κ1) is 19.7. The summed E-state index contributed by atoms with van der Waals surface area (Å²) in [5, 5.41) is 16.9. The van der Waals surface area contributed by atoms with Gasteiger partial charge in [0.1, 0.15) is 0 Å². The Kier molecular flexibility index (Phi) is 5.46. The largest absolute Gasteiger partial charge is 0.481 e. The highest BCUT2D eigenvalue weighted by atomic mass is 35.5. The van der Waals surface area contributed by atoms with Gasteiger partial charge in [0.15, 0.2) is 6.17 Å². The third kappa shape index (κ3) is 4.37. The Morgan fingerprint density at radius 1 is 1.00 bits per heavy atom. The number of fused-ring (bicyclic) bond motifs is 1. The van der Waals surface area contributed by atoms with Gasteiger partial charge in [0, 0.05) is 20.6 Å². The van der Waals surface area contributed by atoms with Gasteiger partial charge in [-0.2, -0.15) is 5.10 Å². The van der Waals surface area contributed by atoms with Crippen molar-refractivity contribution >= 4 is 57.9 Å². The number of halogens is 3. The van der Waals surface area contributed by atoms with Gasteiger partial charge < -0.3 is 5.11 Å². The molecule has 0 saturated carbocycles. The van der Waals surface area contributed by atoms with Gasteiger partial charge in [0.25, 0.3) is 0 Å². The second-order valence-electron chi connectivity index (χ2n) is 6.49. The van der Waals surface area contributed by atoms with Crippen molar-refractivity contribution in [3.63, 3.8) is 0 Å². The Morgan fingerprint density at radius 2 is 1.69 bits per heavy atom. The minimum absolute atomic E-state index is 0.183. The lowest BCUT2D eigenvalue weighted by molar-refractivity contribution is -0.135. The van der Waals surface area contributed by atoms with E-state index >= 15 is 0 Å². The number of hydrogen-bond donors (Lipinski definition) is 1. The number of carboxylic acids is 1. The number of hydrazone groups is 1. The molecule has 5 nitrogen and oxygen atoms in total. The number of carbonyl (C=O) groups is 1. The summed E-state index contributed by atoms with van der Waals surface area (Å²) in [7, 11) is 0. The molecule has 2 aromatic carbocycles. The molecule has 2 aliphatic rings. The first-order valence-corrected chi connectivity index (χ1v) is 9.81. The summed E-state index contributed by atoms with van der Waals surface area (Å²) < 4.78 is 0. The maximum absolute atomic E-state index is 11.1. The number of carboxylic acid groups (broad SMARTS) is 1. The van der Waals surface area contributed by atoms with Crippen LogP contribution in [0.2, 0.25) is 15.1 Å². The van der Waals surface area contributed by atoms with Gasteiger partial charge >= 0.3 is 5.97 Å². The molecule has 8 heteroatoms. The molecular formula is C21H14Cl3N3O2. The van der Waals surface area contributed by atoms with Crippen molar-refractivity contribution < 1.29 is 9.90 Å². The van der Waals surface area contributed by atoms with Crippen molar-refractivity contribution in [2.24, 2.45) is 10.1 Å².